The molecule has 1 heterocycles. The Bertz CT molecular complexity index is 512. The highest BCUT2D eigenvalue weighted by atomic mass is 35.5. The Hall–Kier alpha value is -0.550. The Morgan fingerprint density at radius 1 is 1.42 bits per heavy atom. The van der Waals surface area contributed by atoms with Crippen LogP contribution in [0.25, 0.3) is 0 Å². The standard InChI is InChI=1S/C14H17ClN2S2/c1-10(2)8-16-9-11-3-4-13(12(15)7-11)19-14-17-5-6-18-14/h3-7,10,16H,8-9H2,1-2H3. The third-order valence-corrected chi connectivity index (χ3v) is 4.87. The molecule has 0 aliphatic carbocycles. The first-order chi connectivity index (χ1) is 9.15. The van der Waals surface area contributed by atoms with Crippen LogP contribution in [0, 0.1) is 5.92 Å². The van der Waals surface area contributed by atoms with Crippen LogP contribution >= 0.6 is 34.7 Å². The minimum absolute atomic E-state index is 0.662. The van der Waals surface area contributed by atoms with Gasteiger partial charge in [-0.1, -0.05) is 43.3 Å². The van der Waals surface area contributed by atoms with E-state index in [1.54, 1.807) is 23.1 Å². The van der Waals surface area contributed by atoms with Crippen molar-refractivity contribution in [1.82, 2.24) is 10.3 Å². The minimum Gasteiger partial charge on any atom is -0.312 e. The van der Waals surface area contributed by atoms with E-state index in [1.165, 1.54) is 5.56 Å². The van der Waals surface area contributed by atoms with E-state index in [2.05, 4.69) is 36.3 Å². The fraction of sp³-hybridized carbons (Fsp3) is 0.357. The summed E-state index contributed by atoms with van der Waals surface area (Å²) >= 11 is 9.56. The van der Waals surface area contributed by atoms with Crippen LogP contribution in [0.2, 0.25) is 5.02 Å². The van der Waals surface area contributed by atoms with E-state index in [-0.39, 0.29) is 0 Å². The van der Waals surface area contributed by atoms with E-state index in [0.717, 1.165) is 27.3 Å². The van der Waals surface area contributed by atoms with Crippen molar-refractivity contribution >= 4 is 34.7 Å². The Morgan fingerprint density at radius 2 is 2.26 bits per heavy atom. The van der Waals surface area contributed by atoms with Gasteiger partial charge in [0.2, 0.25) is 0 Å². The van der Waals surface area contributed by atoms with E-state index >= 15 is 0 Å². The van der Waals surface area contributed by atoms with Gasteiger partial charge in [0.25, 0.3) is 0 Å². The fourth-order valence-electron chi connectivity index (χ4n) is 1.60. The normalized spacial score (nSPS) is 11.2. The number of thiazole rings is 1. The molecule has 1 aromatic carbocycles. The van der Waals surface area contributed by atoms with Crippen molar-refractivity contribution in [2.24, 2.45) is 5.92 Å². The summed E-state index contributed by atoms with van der Waals surface area (Å²) in [5, 5.41) is 6.19. The number of nitrogens with one attached hydrogen (secondary N) is 1. The molecule has 0 fully saturated rings. The summed E-state index contributed by atoms with van der Waals surface area (Å²) in [6, 6.07) is 6.22. The lowest BCUT2D eigenvalue weighted by atomic mass is 10.2. The SMILES string of the molecule is CC(C)CNCc1ccc(Sc2nccs2)c(Cl)c1. The van der Waals surface area contributed by atoms with Crippen molar-refractivity contribution in [3.05, 3.63) is 40.4 Å². The van der Waals surface area contributed by atoms with Crippen molar-refractivity contribution < 1.29 is 0 Å². The quantitative estimate of drug-likeness (QED) is 0.837. The van der Waals surface area contributed by atoms with Crippen molar-refractivity contribution in [3.8, 4) is 0 Å². The van der Waals surface area contributed by atoms with Gasteiger partial charge in [-0.2, -0.15) is 0 Å². The highest BCUT2D eigenvalue weighted by Gasteiger charge is 2.06. The maximum Gasteiger partial charge on any atom is 0.154 e. The first-order valence-electron chi connectivity index (χ1n) is 6.21. The van der Waals surface area contributed by atoms with Gasteiger partial charge in [-0.3, -0.25) is 0 Å². The molecule has 2 aromatic rings. The van der Waals surface area contributed by atoms with Crippen LogP contribution in [0.4, 0.5) is 0 Å². The molecule has 2 rings (SSSR count). The number of hydrogen-bond donors (Lipinski definition) is 1. The molecule has 19 heavy (non-hydrogen) atoms. The van der Waals surface area contributed by atoms with Crippen LogP contribution in [-0.2, 0) is 6.54 Å². The lowest BCUT2D eigenvalue weighted by Gasteiger charge is -2.09. The smallest absolute Gasteiger partial charge is 0.154 e. The average Bonchev–Trinajstić information content (AvgIpc) is 2.85. The summed E-state index contributed by atoms with van der Waals surface area (Å²) in [6.07, 6.45) is 1.81. The molecule has 0 amide bonds. The van der Waals surface area contributed by atoms with Gasteiger partial charge >= 0.3 is 0 Å². The van der Waals surface area contributed by atoms with Crippen molar-refractivity contribution in [2.75, 3.05) is 6.54 Å². The van der Waals surface area contributed by atoms with Crippen LogP contribution in [-0.4, -0.2) is 11.5 Å². The molecule has 0 aliphatic heterocycles. The molecule has 0 atom stereocenters. The summed E-state index contributed by atoms with van der Waals surface area (Å²) in [5.41, 5.74) is 1.22. The zero-order chi connectivity index (χ0) is 13.7. The highest BCUT2D eigenvalue weighted by Crippen LogP contribution is 2.34. The molecular weight excluding hydrogens is 296 g/mol. The van der Waals surface area contributed by atoms with Crippen LogP contribution in [0.3, 0.4) is 0 Å². The molecule has 0 saturated carbocycles. The van der Waals surface area contributed by atoms with E-state index in [1.807, 2.05) is 17.6 Å². The summed E-state index contributed by atoms with van der Waals surface area (Å²) in [6.45, 7) is 6.29. The number of rotatable bonds is 6. The Kier molecular flexibility index (Phi) is 5.70. The lowest BCUT2D eigenvalue weighted by Crippen LogP contribution is -2.18. The summed E-state index contributed by atoms with van der Waals surface area (Å²) < 4.78 is 1.02. The van der Waals surface area contributed by atoms with Gasteiger partial charge in [-0.25, -0.2) is 4.98 Å². The second kappa shape index (κ2) is 7.29. The molecule has 0 bridgehead atoms. The molecular formula is C14H17ClN2S2. The van der Waals surface area contributed by atoms with Crippen LogP contribution < -0.4 is 5.32 Å². The van der Waals surface area contributed by atoms with Gasteiger partial charge in [-0.15, -0.1) is 11.3 Å². The van der Waals surface area contributed by atoms with Crippen molar-refractivity contribution in [3.63, 3.8) is 0 Å². The van der Waals surface area contributed by atoms with Gasteiger partial charge in [0.1, 0.15) is 0 Å². The van der Waals surface area contributed by atoms with Gasteiger partial charge in [0, 0.05) is 23.0 Å². The van der Waals surface area contributed by atoms with E-state index < -0.39 is 0 Å². The zero-order valence-corrected chi connectivity index (χ0v) is 13.4. The predicted molar refractivity (Wildman–Crippen MR) is 84.2 cm³/mol. The molecule has 5 heteroatoms. The van der Waals surface area contributed by atoms with Crippen molar-refractivity contribution in [2.45, 2.75) is 29.6 Å². The number of benzene rings is 1. The third kappa shape index (κ3) is 4.80. The maximum absolute atomic E-state index is 6.32. The van der Waals surface area contributed by atoms with E-state index in [0.29, 0.717) is 5.92 Å². The topological polar surface area (TPSA) is 24.9 Å². The molecule has 0 spiro atoms. The summed E-state index contributed by atoms with van der Waals surface area (Å²) in [7, 11) is 0. The zero-order valence-electron chi connectivity index (χ0n) is 11.0. The Labute approximate surface area is 127 Å². The average molecular weight is 313 g/mol. The van der Waals surface area contributed by atoms with E-state index in [9.17, 15) is 0 Å². The first-order valence-corrected chi connectivity index (χ1v) is 8.29. The Morgan fingerprint density at radius 3 is 2.89 bits per heavy atom. The van der Waals surface area contributed by atoms with Gasteiger partial charge in [0.05, 0.1) is 5.02 Å². The second-order valence-corrected chi connectivity index (χ2v) is 7.28. The summed E-state index contributed by atoms with van der Waals surface area (Å²) in [4.78, 5) is 5.31. The highest BCUT2D eigenvalue weighted by molar-refractivity contribution is 8.01. The number of hydrogen-bond acceptors (Lipinski definition) is 4. The monoisotopic (exact) mass is 312 g/mol. The van der Waals surface area contributed by atoms with Crippen LogP contribution in [0.1, 0.15) is 19.4 Å². The number of nitrogens with zero attached hydrogens (tertiary/aromatic N) is 1. The van der Waals surface area contributed by atoms with Gasteiger partial charge < -0.3 is 5.32 Å². The van der Waals surface area contributed by atoms with Gasteiger partial charge in [0.15, 0.2) is 4.34 Å². The number of aromatic nitrogens is 1. The Balaban J connectivity index is 1.97. The van der Waals surface area contributed by atoms with Gasteiger partial charge in [-0.05, 0) is 30.2 Å². The third-order valence-electron chi connectivity index (χ3n) is 2.48. The molecule has 0 radical (unpaired) electrons. The lowest BCUT2D eigenvalue weighted by molar-refractivity contribution is 0.552. The van der Waals surface area contributed by atoms with E-state index in [4.69, 9.17) is 11.6 Å². The largest absolute Gasteiger partial charge is 0.312 e. The summed E-state index contributed by atoms with van der Waals surface area (Å²) in [5.74, 6) is 0.662. The molecule has 2 nitrogen and oxygen atoms in total. The van der Waals surface area contributed by atoms with Crippen molar-refractivity contribution in [1.29, 1.82) is 0 Å². The van der Waals surface area contributed by atoms with Crippen LogP contribution in [0.5, 0.6) is 0 Å². The fourth-order valence-corrected chi connectivity index (χ4v) is 3.50. The maximum atomic E-state index is 6.32. The molecule has 0 aliphatic rings. The molecule has 1 N–H and O–H groups in total. The molecule has 1 aromatic heterocycles. The molecule has 102 valence electrons. The second-order valence-electron chi connectivity index (χ2n) is 4.69. The molecule has 0 unspecified atom stereocenters. The predicted octanol–water partition coefficient (Wildman–Crippen LogP) is 4.69. The minimum atomic E-state index is 0.662. The first kappa shape index (κ1) is 14.9. The van der Waals surface area contributed by atoms with Crippen LogP contribution in [0.15, 0.2) is 39.0 Å². The molecule has 0 saturated heterocycles. The number of halogens is 1.